The van der Waals surface area contributed by atoms with Gasteiger partial charge in [-0.15, -0.1) is 0 Å². The number of hydrogen-bond acceptors (Lipinski definition) is 1. The summed E-state index contributed by atoms with van der Waals surface area (Å²) in [5.41, 5.74) is 0. The molecule has 0 spiro atoms. The molecule has 1 unspecified atom stereocenters. The molecule has 0 aliphatic carbocycles. The van der Waals surface area contributed by atoms with Crippen LogP contribution in [-0.2, 0) is 4.74 Å². The van der Waals surface area contributed by atoms with E-state index in [1.165, 1.54) is 12.8 Å². The molecular weight excluding hydrogens is 204 g/mol. The van der Waals surface area contributed by atoms with Crippen LogP contribution in [0.2, 0.25) is 0 Å². The van der Waals surface area contributed by atoms with Crippen LogP contribution in [0.4, 0.5) is 0 Å². The predicted octanol–water partition coefficient (Wildman–Crippen LogP) is 2.83. The molecule has 0 amide bonds. The summed E-state index contributed by atoms with van der Waals surface area (Å²) in [4.78, 5) is 0.686. The lowest BCUT2D eigenvalue weighted by molar-refractivity contribution is 0.0629. The summed E-state index contributed by atoms with van der Waals surface area (Å²) < 4.78 is 5.31. The van der Waals surface area contributed by atoms with Crippen molar-refractivity contribution in [3.63, 3.8) is 0 Å². The van der Waals surface area contributed by atoms with E-state index >= 15 is 0 Å². The first-order valence-electron chi connectivity index (χ1n) is 4.43. The van der Waals surface area contributed by atoms with Crippen molar-refractivity contribution in [3.8, 4) is 0 Å². The van der Waals surface area contributed by atoms with Gasteiger partial charge in [0.25, 0.3) is 0 Å². The van der Waals surface area contributed by atoms with Gasteiger partial charge in [-0.2, -0.15) is 0 Å². The predicted molar refractivity (Wildman–Crippen MR) is 51.1 cm³/mol. The van der Waals surface area contributed by atoms with Crippen LogP contribution < -0.4 is 0 Å². The SMILES string of the molecule is CC(C)C(Br)C1CCOCC1. The van der Waals surface area contributed by atoms with E-state index in [0.717, 1.165) is 25.0 Å². The first-order valence-corrected chi connectivity index (χ1v) is 5.35. The van der Waals surface area contributed by atoms with Crippen LogP contribution >= 0.6 is 15.9 Å². The van der Waals surface area contributed by atoms with Crippen LogP contribution in [0.1, 0.15) is 26.7 Å². The monoisotopic (exact) mass is 220 g/mol. The minimum Gasteiger partial charge on any atom is -0.381 e. The normalized spacial score (nSPS) is 24.0. The Hall–Kier alpha value is 0.440. The molecule has 2 heteroatoms. The van der Waals surface area contributed by atoms with Crippen LogP contribution in [0.3, 0.4) is 0 Å². The topological polar surface area (TPSA) is 9.23 Å². The van der Waals surface area contributed by atoms with Crippen molar-refractivity contribution >= 4 is 15.9 Å². The molecule has 1 fully saturated rings. The summed E-state index contributed by atoms with van der Waals surface area (Å²) in [6, 6.07) is 0. The molecule has 0 saturated carbocycles. The molecule has 1 aliphatic rings. The zero-order valence-electron chi connectivity index (χ0n) is 7.35. The molecular formula is C9H17BrO. The van der Waals surface area contributed by atoms with Crippen molar-refractivity contribution in [1.29, 1.82) is 0 Å². The van der Waals surface area contributed by atoms with Gasteiger partial charge in [0.05, 0.1) is 0 Å². The average molecular weight is 221 g/mol. The lowest BCUT2D eigenvalue weighted by Crippen LogP contribution is -2.26. The Balaban J connectivity index is 2.32. The van der Waals surface area contributed by atoms with Crippen LogP contribution in [-0.4, -0.2) is 18.0 Å². The Bertz CT molecular complexity index is 108. The molecule has 0 radical (unpaired) electrons. The van der Waals surface area contributed by atoms with Gasteiger partial charge >= 0.3 is 0 Å². The fourth-order valence-corrected chi connectivity index (χ4v) is 2.11. The standard InChI is InChI=1S/C9H17BrO/c1-7(2)9(10)8-3-5-11-6-4-8/h7-9H,3-6H2,1-2H3. The van der Waals surface area contributed by atoms with E-state index in [1.807, 2.05) is 0 Å². The minimum absolute atomic E-state index is 0.686. The Morgan fingerprint density at radius 2 is 1.82 bits per heavy atom. The number of rotatable bonds is 2. The first-order chi connectivity index (χ1) is 5.22. The third kappa shape index (κ3) is 2.75. The van der Waals surface area contributed by atoms with Crippen molar-refractivity contribution in [3.05, 3.63) is 0 Å². The summed E-state index contributed by atoms with van der Waals surface area (Å²) in [7, 11) is 0. The largest absolute Gasteiger partial charge is 0.381 e. The van der Waals surface area contributed by atoms with Gasteiger partial charge in [-0.05, 0) is 24.7 Å². The van der Waals surface area contributed by atoms with Gasteiger partial charge in [-0.25, -0.2) is 0 Å². The van der Waals surface area contributed by atoms with Gasteiger partial charge in [-0.1, -0.05) is 29.8 Å². The van der Waals surface area contributed by atoms with Crippen molar-refractivity contribution in [2.75, 3.05) is 13.2 Å². The van der Waals surface area contributed by atoms with E-state index in [-0.39, 0.29) is 0 Å². The molecule has 1 rings (SSSR count). The maximum absolute atomic E-state index is 5.31. The number of ether oxygens (including phenoxy) is 1. The van der Waals surface area contributed by atoms with Gasteiger partial charge in [0.2, 0.25) is 0 Å². The summed E-state index contributed by atoms with van der Waals surface area (Å²) in [6.45, 7) is 6.46. The maximum atomic E-state index is 5.31. The zero-order valence-corrected chi connectivity index (χ0v) is 8.93. The van der Waals surface area contributed by atoms with Crippen molar-refractivity contribution in [2.45, 2.75) is 31.5 Å². The summed E-state index contributed by atoms with van der Waals surface area (Å²) >= 11 is 3.75. The summed E-state index contributed by atoms with van der Waals surface area (Å²) in [5.74, 6) is 1.59. The average Bonchev–Trinajstić information content (AvgIpc) is 2.05. The maximum Gasteiger partial charge on any atom is 0.0469 e. The zero-order chi connectivity index (χ0) is 8.27. The Kier molecular flexibility index (Phi) is 3.86. The highest BCUT2D eigenvalue weighted by atomic mass is 79.9. The molecule has 66 valence electrons. The second kappa shape index (κ2) is 4.46. The lowest BCUT2D eigenvalue weighted by atomic mass is 9.90. The van der Waals surface area contributed by atoms with Crippen molar-refractivity contribution < 1.29 is 4.74 Å². The van der Waals surface area contributed by atoms with E-state index in [9.17, 15) is 0 Å². The third-order valence-electron chi connectivity index (χ3n) is 2.35. The first kappa shape index (κ1) is 9.53. The molecule has 11 heavy (non-hydrogen) atoms. The Morgan fingerprint density at radius 1 is 1.27 bits per heavy atom. The molecule has 0 aromatic heterocycles. The van der Waals surface area contributed by atoms with Crippen molar-refractivity contribution in [1.82, 2.24) is 0 Å². The van der Waals surface area contributed by atoms with Gasteiger partial charge < -0.3 is 4.74 Å². The molecule has 1 aliphatic heterocycles. The lowest BCUT2D eigenvalue weighted by Gasteiger charge is -2.28. The molecule has 0 aromatic carbocycles. The second-order valence-corrected chi connectivity index (χ2v) is 4.70. The molecule has 0 aromatic rings. The summed E-state index contributed by atoms with van der Waals surface area (Å²) in [6.07, 6.45) is 2.46. The number of halogens is 1. The van der Waals surface area contributed by atoms with Crippen LogP contribution in [0.5, 0.6) is 0 Å². The fourth-order valence-electron chi connectivity index (χ4n) is 1.58. The van der Waals surface area contributed by atoms with E-state index in [0.29, 0.717) is 4.83 Å². The Morgan fingerprint density at radius 3 is 2.27 bits per heavy atom. The van der Waals surface area contributed by atoms with Gasteiger partial charge in [-0.3, -0.25) is 0 Å². The Labute approximate surface area is 77.6 Å². The van der Waals surface area contributed by atoms with E-state index in [4.69, 9.17) is 4.74 Å². The minimum atomic E-state index is 0.686. The van der Waals surface area contributed by atoms with Gasteiger partial charge in [0, 0.05) is 18.0 Å². The highest BCUT2D eigenvalue weighted by Crippen LogP contribution is 2.28. The van der Waals surface area contributed by atoms with Gasteiger partial charge in [0.1, 0.15) is 0 Å². The highest BCUT2D eigenvalue weighted by molar-refractivity contribution is 9.09. The van der Waals surface area contributed by atoms with E-state index in [1.54, 1.807) is 0 Å². The van der Waals surface area contributed by atoms with Crippen molar-refractivity contribution in [2.24, 2.45) is 11.8 Å². The number of alkyl halides is 1. The van der Waals surface area contributed by atoms with Crippen LogP contribution in [0, 0.1) is 11.8 Å². The highest BCUT2D eigenvalue weighted by Gasteiger charge is 2.23. The third-order valence-corrected chi connectivity index (χ3v) is 4.16. The quantitative estimate of drug-likeness (QED) is 0.651. The molecule has 1 heterocycles. The smallest absolute Gasteiger partial charge is 0.0469 e. The summed E-state index contributed by atoms with van der Waals surface area (Å²) in [5, 5.41) is 0. The van der Waals surface area contributed by atoms with E-state index in [2.05, 4.69) is 29.8 Å². The van der Waals surface area contributed by atoms with Crippen LogP contribution in [0.25, 0.3) is 0 Å². The fraction of sp³-hybridized carbons (Fsp3) is 1.00. The van der Waals surface area contributed by atoms with E-state index < -0.39 is 0 Å². The molecule has 1 atom stereocenters. The molecule has 1 saturated heterocycles. The molecule has 0 N–H and O–H groups in total. The number of hydrogen-bond donors (Lipinski definition) is 0. The van der Waals surface area contributed by atoms with Crippen LogP contribution in [0.15, 0.2) is 0 Å². The molecule has 1 nitrogen and oxygen atoms in total. The van der Waals surface area contributed by atoms with Gasteiger partial charge in [0.15, 0.2) is 0 Å². The molecule has 0 bridgehead atoms. The second-order valence-electron chi connectivity index (χ2n) is 3.64.